The Hall–Kier alpha value is -1.11. The van der Waals surface area contributed by atoms with E-state index in [2.05, 4.69) is 4.72 Å². The Morgan fingerprint density at radius 3 is 2.23 bits per heavy atom. The molecular formula is C20H29NO4S. The zero-order valence-electron chi connectivity index (χ0n) is 15.8. The monoisotopic (exact) mass is 379 g/mol. The molecule has 1 N–H and O–H groups in total. The van der Waals surface area contributed by atoms with E-state index >= 15 is 0 Å². The van der Waals surface area contributed by atoms with Gasteiger partial charge in [0.05, 0.1) is 12.7 Å². The van der Waals surface area contributed by atoms with Crippen LogP contribution in [-0.2, 0) is 14.8 Å². The highest BCUT2D eigenvalue weighted by Crippen LogP contribution is 2.59. The molecule has 0 saturated heterocycles. The number of sulfonamides is 1. The van der Waals surface area contributed by atoms with Gasteiger partial charge in [-0.3, -0.25) is 0 Å². The van der Waals surface area contributed by atoms with Crippen LogP contribution >= 0.6 is 0 Å². The number of hydrogen-bond acceptors (Lipinski definition) is 4. The summed E-state index contributed by atoms with van der Waals surface area (Å²) in [6, 6.07) is 5.22. The lowest BCUT2D eigenvalue weighted by atomic mass is 9.50. The molecule has 26 heavy (non-hydrogen) atoms. The predicted octanol–water partition coefficient (Wildman–Crippen LogP) is 3.12. The summed E-state index contributed by atoms with van der Waals surface area (Å²) in [7, 11) is -0.409. The summed E-state index contributed by atoms with van der Waals surface area (Å²) in [5, 5.41) is 0. The number of ether oxygens (including phenoxy) is 2. The number of hydrogen-bond donors (Lipinski definition) is 1. The highest BCUT2D eigenvalue weighted by molar-refractivity contribution is 7.89. The van der Waals surface area contributed by atoms with E-state index in [1.807, 2.05) is 13.0 Å². The second-order valence-corrected chi connectivity index (χ2v) is 10.2. The second kappa shape index (κ2) is 6.50. The molecule has 1 aromatic rings. The van der Waals surface area contributed by atoms with Gasteiger partial charge < -0.3 is 9.47 Å². The first-order chi connectivity index (χ1) is 12.4. The molecule has 144 valence electrons. The zero-order valence-corrected chi connectivity index (χ0v) is 16.6. The van der Waals surface area contributed by atoms with Gasteiger partial charge in [-0.25, -0.2) is 13.1 Å². The van der Waals surface area contributed by atoms with E-state index in [1.54, 1.807) is 19.2 Å². The highest BCUT2D eigenvalue weighted by atomic mass is 32.2. The molecule has 0 spiro atoms. The van der Waals surface area contributed by atoms with Crippen LogP contribution in [0.1, 0.15) is 37.7 Å². The molecule has 6 heteroatoms. The largest absolute Gasteiger partial charge is 0.495 e. The molecular weight excluding hydrogens is 350 g/mol. The molecule has 4 aliphatic rings. The molecule has 4 bridgehead atoms. The maximum absolute atomic E-state index is 13.0. The Kier molecular flexibility index (Phi) is 4.56. The lowest BCUT2D eigenvalue weighted by Gasteiger charge is -2.60. The average molecular weight is 380 g/mol. The van der Waals surface area contributed by atoms with Gasteiger partial charge in [-0.2, -0.15) is 0 Å². The Bertz CT molecular complexity index is 761. The van der Waals surface area contributed by atoms with Crippen molar-refractivity contribution in [3.8, 4) is 5.75 Å². The van der Waals surface area contributed by atoms with Gasteiger partial charge in [-0.1, -0.05) is 6.07 Å². The predicted molar refractivity (Wildman–Crippen MR) is 99.7 cm³/mol. The van der Waals surface area contributed by atoms with Gasteiger partial charge in [-0.15, -0.1) is 0 Å². The number of methoxy groups -OCH3 is 2. The maximum atomic E-state index is 13.0. The first kappa shape index (κ1) is 18.3. The molecule has 4 saturated carbocycles. The van der Waals surface area contributed by atoms with Crippen LogP contribution in [0.4, 0.5) is 0 Å². The SMILES string of the molecule is COc1ccc(C)cc1S(=O)(=O)NCC1(OC)C2CC3CC(C2)CC1C3. The normalized spacial score (nSPS) is 35.7. The van der Waals surface area contributed by atoms with E-state index < -0.39 is 10.0 Å². The molecule has 0 aliphatic heterocycles. The smallest absolute Gasteiger partial charge is 0.244 e. The first-order valence-electron chi connectivity index (χ1n) is 9.57. The summed E-state index contributed by atoms with van der Waals surface area (Å²) < 4.78 is 40.2. The van der Waals surface area contributed by atoms with Crippen molar-refractivity contribution in [2.45, 2.75) is 49.5 Å². The standard InChI is InChI=1S/C20H29NO4S/c1-13-4-5-18(24-2)19(6-13)26(22,23)21-12-20(25-3)16-8-14-7-15(10-16)11-17(20)9-14/h4-6,14-17,21H,7-12H2,1-3H3. The zero-order chi connectivity index (χ0) is 18.5. The second-order valence-electron chi connectivity index (χ2n) is 8.44. The van der Waals surface area contributed by atoms with Gasteiger partial charge in [0, 0.05) is 13.7 Å². The molecule has 4 aliphatic carbocycles. The summed E-state index contributed by atoms with van der Waals surface area (Å²) in [5.74, 6) is 2.93. The number of rotatable bonds is 6. The molecule has 0 amide bonds. The van der Waals surface area contributed by atoms with Crippen LogP contribution in [0.25, 0.3) is 0 Å². The van der Waals surface area contributed by atoms with Crippen LogP contribution in [0.5, 0.6) is 5.75 Å². The van der Waals surface area contributed by atoms with Crippen LogP contribution in [0, 0.1) is 30.6 Å². The quantitative estimate of drug-likeness (QED) is 0.825. The van der Waals surface area contributed by atoms with Gasteiger partial charge in [-0.05, 0) is 80.4 Å². The molecule has 0 atom stereocenters. The van der Waals surface area contributed by atoms with Crippen molar-refractivity contribution in [2.75, 3.05) is 20.8 Å². The van der Waals surface area contributed by atoms with Crippen molar-refractivity contribution in [1.82, 2.24) is 4.72 Å². The third-order valence-corrected chi connectivity index (χ3v) is 8.47. The summed E-state index contributed by atoms with van der Waals surface area (Å²) in [5.41, 5.74) is 0.527. The molecule has 4 fully saturated rings. The third-order valence-electron chi connectivity index (χ3n) is 7.05. The van der Waals surface area contributed by atoms with Crippen molar-refractivity contribution in [1.29, 1.82) is 0 Å². The summed E-state index contributed by atoms with van der Waals surface area (Å²) in [4.78, 5) is 0.204. The molecule has 0 aromatic heterocycles. The summed E-state index contributed by atoms with van der Waals surface area (Å²) in [6.07, 6.45) is 6.07. The fourth-order valence-corrected chi connectivity index (χ4v) is 7.28. The van der Waals surface area contributed by atoms with E-state index in [0.717, 1.165) is 17.4 Å². The van der Waals surface area contributed by atoms with E-state index in [0.29, 0.717) is 24.1 Å². The topological polar surface area (TPSA) is 64.6 Å². The molecule has 5 rings (SSSR count). The number of aryl methyl sites for hydroxylation is 1. The van der Waals surface area contributed by atoms with E-state index in [4.69, 9.17) is 9.47 Å². The van der Waals surface area contributed by atoms with Gasteiger partial charge in [0.1, 0.15) is 10.6 Å². The van der Waals surface area contributed by atoms with Crippen LogP contribution in [0.15, 0.2) is 23.1 Å². The Labute approximate surface area is 156 Å². The van der Waals surface area contributed by atoms with Gasteiger partial charge >= 0.3 is 0 Å². The molecule has 0 heterocycles. The minimum Gasteiger partial charge on any atom is -0.495 e. The van der Waals surface area contributed by atoms with Crippen LogP contribution in [0.3, 0.4) is 0 Å². The fourth-order valence-electron chi connectivity index (χ4n) is 5.96. The van der Waals surface area contributed by atoms with E-state index in [1.165, 1.54) is 39.2 Å². The van der Waals surface area contributed by atoms with Crippen LogP contribution in [-0.4, -0.2) is 34.8 Å². The third kappa shape index (κ3) is 2.86. The first-order valence-corrected chi connectivity index (χ1v) is 11.1. The highest BCUT2D eigenvalue weighted by Gasteiger charge is 2.57. The summed E-state index contributed by atoms with van der Waals surface area (Å²) in [6.45, 7) is 2.23. The van der Waals surface area contributed by atoms with Crippen molar-refractivity contribution in [3.05, 3.63) is 23.8 Å². The number of nitrogens with one attached hydrogen (secondary N) is 1. The summed E-state index contributed by atoms with van der Waals surface area (Å²) >= 11 is 0. The van der Waals surface area contributed by atoms with E-state index in [-0.39, 0.29) is 10.5 Å². The van der Waals surface area contributed by atoms with Gasteiger partial charge in [0.25, 0.3) is 0 Å². The van der Waals surface area contributed by atoms with Crippen LogP contribution < -0.4 is 9.46 Å². The number of benzene rings is 1. The van der Waals surface area contributed by atoms with E-state index in [9.17, 15) is 8.42 Å². The van der Waals surface area contributed by atoms with Gasteiger partial charge in [0.2, 0.25) is 10.0 Å². The Morgan fingerprint density at radius 2 is 1.69 bits per heavy atom. The molecule has 0 radical (unpaired) electrons. The maximum Gasteiger partial charge on any atom is 0.244 e. The minimum absolute atomic E-state index is 0.204. The van der Waals surface area contributed by atoms with Crippen LogP contribution in [0.2, 0.25) is 0 Å². The molecule has 0 unspecified atom stereocenters. The van der Waals surface area contributed by atoms with Gasteiger partial charge in [0.15, 0.2) is 0 Å². The fraction of sp³-hybridized carbons (Fsp3) is 0.700. The van der Waals surface area contributed by atoms with Crippen molar-refractivity contribution < 1.29 is 17.9 Å². The minimum atomic E-state index is -3.66. The Morgan fingerprint density at radius 1 is 1.08 bits per heavy atom. The van der Waals surface area contributed by atoms with Crippen molar-refractivity contribution in [2.24, 2.45) is 23.7 Å². The van der Waals surface area contributed by atoms with Crippen molar-refractivity contribution in [3.63, 3.8) is 0 Å². The lowest BCUT2D eigenvalue weighted by molar-refractivity contribution is -0.185. The average Bonchev–Trinajstić information content (AvgIpc) is 2.61. The lowest BCUT2D eigenvalue weighted by Crippen LogP contribution is -2.63. The molecule has 5 nitrogen and oxygen atoms in total. The Balaban J connectivity index is 1.58. The molecule has 1 aromatic carbocycles. The van der Waals surface area contributed by atoms with Crippen molar-refractivity contribution >= 4 is 10.0 Å².